The summed E-state index contributed by atoms with van der Waals surface area (Å²) >= 11 is 5.70. The molecule has 2 rings (SSSR count). The third-order valence-corrected chi connectivity index (χ3v) is 4.80. The van der Waals surface area contributed by atoms with Gasteiger partial charge < -0.3 is 10.6 Å². The van der Waals surface area contributed by atoms with E-state index in [1.54, 1.807) is 0 Å². The third kappa shape index (κ3) is 3.92. The Hall–Kier alpha value is -1.11. The smallest absolute Gasteiger partial charge is 0.235 e. The van der Waals surface area contributed by atoms with Crippen molar-refractivity contribution in [1.29, 1.82) is 0 Å². The summed E-state index contributed by atoms with van der Waals surface area (Å²) in [6, 6.07) is 5.82. The van der Waals surface area contributed by atoms with Crippen LogP contribution in [0.3, 0.4) is 0 Å². The highest BCUT2D eigenvalue weighted by atomic mass is 35.5. The predicted molar refractivity (Wildman–Crippen MR) is 72.9 cm³/mol. The van der Waals surface area contributed by atoms with Crippen LogP contribution in [0.25, 0.3) is 0 Å². The van der Waals surface area contributed by atoms with E-state index in [4.69, 9.17) is 11.6 Å². The van der Waals surface area contributed by atoms with E-state index >= 15 is 0 Å². The maximum atomic E-state index is 12.0. The van der Waals surface area contributed by atoms with Gasteiger partial charge in [-0.25, -0.2) is 8.42 Å². The van der Waals surface area contributed by atoms with Crippen LogP contribution >= 0.6 is 11.6 Å². The summed E-state index contributed by atoms with van der Waals surface area (Å²) in [5.74, 6) is -1.01. The fourth-order valence-electron chi connectivity index (χ4n) is 1.95. The van der Waals surface area contributed by atoms with E-state index in [-0.39, 0.29) is 10.9 Å². The van der Waals surface area contributed by atoms with E-state index in [1.165, 1.54) is 24.3 Å². The van der Waals surface area contributed by atoms with Crippen molar-refractivity contribution < 1.29 is 13.2 Å². The maximum absolute atomic E-state index is 12.0. The molecule has 0 aliphatic carbocycles. The molecule has 1 aliphatic rings. The lowest BCUT2D eigenvalue weighted by atomic mass is 10.3. The summed E-state index contributed by atoms with van der Waals surface area (Å²) in [6.07, 6.45) is 0.826. The SMILES string of the molecule is O=C(CS(=O)(=O)c1ccc(Cl)cc1)NC1CCNC1. The second-order valence-corrected chi connectivity index (χ2v) is 6.90. The number of amides is 1. The number of rotatable bonds is 4. The molecule has 0 aromatic heterocycles. The lowest BCUT2D eigenvalue weighted by Gasteiger charge is -2.11. The number of benzene rings is 1. The molecule has 5 nitrogen and oxygen atoms in total. The molecule has 0 bridgehead atoms. The Labute approximate surface area is 117 Å². The number of carbonyl (C=O) groups excluding carboxylic acids is 1. The number of nitrogens with one attached hydrogen (secondary N) is 2. The van der Waals surface area contributed by atoms with Gasteiger partial charge in [0.2, 0.25) is 5.91 Å². The molecule has 104 valence electrons. The molecule has 0 radical (unpaired) electrons. The van der Waals surface area contributed by atoms with Crippen molar-refractivity contribution in [3.63, 3.8) is 0 Å². The Morgan fingerprint density at radius 3 is 2.63 bits per heavy atom. The normalized spacial score (nSPS) is 19.3. The molecule has 1 atom stereocenters. The quantitative estimate of drug-likeness (QED) is 0.854. The van der Waals surface area contributed by atoms with E-state index in [0.29, 0.717) is 11.6 Å². The Balaban J connectivity index is 2.00. The molecule has 1 saturated heterocycles. The molecule has 7 heteroatoms. The van der Waals surface area contributed by atoms with Crippen molar-refractivity contribution in [3.05, 3.63) is 29.3 Å². The van der Waals surface area contributed by atoms with E-state index in [2.05, 4.69) is 10.6 Å². The summed E-state index contributed by atoms with van der Waals surface area (Å²) in [6.45, 7) is 1.53. The van der Waals surface area contributed by atoms with E-state index < -0.39 is 21.5 Å². The van der Waals surface area contributed by atoms with Crippen LogP contribution in [0.5, 0.6) is 0 Å². The topological polar surface area (TPSA) is 75.3 Å². The average Bonchev–Trinajstić information content (AvgIpc) is 2.81. The summed E-state index contributed by atoms with van der Waals surface area (Å²) < 4.78 is 24.0. The van der Waals surface area contributed by atoms with E-state index in [1.807, 2.05) is 0 Å². The van der Waals surface area contributed by atoms with Gasteiger partial charge in [-0.3, -0.25) is 4.79 Å². The number of hydrogen-bond acceptors (Lipinski definition) is 4. The monoisotopic (exact) mass is 302 g/mol. The van der Waals surface area contributed by atoms with Gasteiger partial charge in [0.25, 0.3) is 0 Å². The van der Waals surface area contributed by atoms with Gasteiger partial charge in [0.1, 0.15) is 5.75 Å². The van der Waals surface area contributed by atoms with Crippen LogP contribution < -0.4 is 10.6 Å². The number of hydrogen-bond donors (Lipinski definition) is 2. The van der Waals surface area contributed by atoms with E-state index in [9.17, 15) is 13.2 Å². The maximum Gasteiger partial charge on any atom is 0.235 e. The molecular formula is C12H15ClN2O3S. The molecule has 1 aliphatic heterocycles. The van der Waals surface area contributed by atoms with Gasteiger partial charge in [0, 0.05) is 17.6 Å². The van der Waals surface area contributed by atoms with Crippen LogP contribution in [0.15, 0.2) is 29.2 Å². The number of halogens is 1. The van der Waals surface area contributed by atoms with Gasteiger partial charge in [0.15, 0.2) is 9.84 Å². The Morgan fingerprint density at radius 2 is 2.05 bits per heavy atom. The lowest BCUT2D eigenvalue weighted by molar-refractivity contribution is -0.119. The first kappa shape index (κ1) is 14.3. The highest BCUT2D eigenvalue weighted by Gasteiger charge is 2.22. The fourth-order valence-corrected chi connectivity index (χ4v) is 3.22. The summed E-state index contributed by atoms with van der Waals surface area (Å²) in [7, 11) is -3.61. The van der Waals surface area contributed by atoms with Crippen molar-refractivity contribution in [3.8, 4) is 0 Å². The lowest BCUT2D eigenvalue weighted by Crippen LogP contribution is -2.39. The Bertz CT molecular complexity index is 551. The minimum atomic E-state index is -3.61. The van der Waals surface area contributed by atoms with Crippen molar-refractivity contribution >= 4 is 27.3 Å². The fraction of sp³-hybridized carbons (Fsp3) is 0.417. The Kier molecular flexibility index (Phi) is 4.44. The van der Waals surface area contributed by atoms with Crippen molar-refractivity contribution in [2.24, 2.45) is 0 Å². The molecule has 1 fully saturated rings. The zero-order valence-corrected chi connectivity index (χ0v) is 11.8. The first-order chi connectivity index (χ1) is 8.97. The molecule has 1 amide bonds. The molecule has 0 spiro atoms. The summed E-state index contributed by atoms with van der Waals surface area (Å²) in [5, 5.41) is 6.27. The van der Waals surface area contributed by atoms with Gasteiger partial charge in [-0.05, 0) is 37.2 Å². The molecular weight excluding hydrogens is 288 g/mol. The molecule has 0 saturated carbocycles. The second kappa shape index (κ2) is 5.90. The first-order valence-corrected chi connectivity index (χ1v) is 7.99. The summed E-state index contributed by atoms with van der Waals surface area (Å²) in [5.41, 5.74) is 0. The predicted octanol–water partition coefficient (Wildman–Crippen LogP) is 0.592. The van der Waals surface area contributed by atoms with Gasteiger partial charge in [0.05, 0.1) is 4.90 Å². The van der Waals surface area contributed by atoms with Crippen LogP contribution in [-0.2, 0) is 14.6 Å². The molecule has 1 heterocycles. The van der Waals surface area contributed by atoms with Crippen LogP contribution in [0.2, 0.25) is 5.02 Å². The average molecular weight is 303 g/mol. The minimum absolute atomic E-state index is 0.0212. The zero-order chi connectivity index (χ0) is 13.9. The van der Waals surface area contributed by atoms with Crippen molar-refractivity contribution in [1.82, 2.24) is 10.6 Å². The second-order valence-electron chi connectivity index (χ2n) is 4.47. The standard InChI is InChI=1S/C12H15ClN2O3S/c13-9-1-3-11(4-2-9)19(17,18)8-12(16)15-10-5-6-14-7-10/h1-4,10,14H,5-8H2,(H,15,16). The van der Waals surface area contributed by atoms with Crippen LogP contribution in [0.1, 0.15) is 6.42 Å². The van der Waals surface area contributed by atoms with Gasteiger partial charge in [-0.1, -0.05) is 11.6 Å². The Morgan fingerprint density at radius 1 is 1.37 bits per heavy atom. The molecule has 1 aromatic carbocycles. The van der Waals surface area contributed by atoms with Gasteiger partial charge in [-0.2, -0.15) is 0 Å². The van der Waals surface area contributed by atoms with Crippen LogP contribution in [0.4, 0.5) is 0 Å². The third-order valence-electron chi connectivity index (χ3n) is 2.92. The molecule has 1 aromatic rings. The number of carbonyl (C=O) groups is 1. The highest BCUT2D eigenvalue weighted by molar-refractivity contribution is 7.92. The molecule has 19 heavy (non-hydrogen) atoms. The van der Waals surface area contributed by atoms with Gasteiger partial charge >= 0.3 is 0 Å². The summed E-state index contributed by atoms with van der Waals surface area (Å²) in [4.78, 5) is 11.8. The van der Waals surface area contributed by atoms with Crippen LogP contribution in [-0.4, -0.2) is 39.2 Å². The minimum Gasteiger partial charge on any atom is -0.351 e. The van der Waals surface area contributed by atoms with Crippen molar-refractivity contribution in [2.75, 3.05) is 18.8 Å². The first-order valence-electron chi connectivity index (χ1n) is 5.96. The van der Waals surface area contributed by atoms with Crippen molar-refractivity contribution in [2.45, 2.75) is 17.4 Å². The number of sulfone groups is 1. The van der Waals surface area contributed by atoms with Crippen LogP contribution in [0, 0.1) is 0 Å². The van der Waals surface area contributed by atoms with E-state index in [0.717, 1.165) is 13.0 Å². The largest absolute Gasteiger partial charge is 0.351 e. The molecule has 2 N–H and O–H groups in total. The molecule has 1 unspecified atom stereocenters. The zero-order valence-electron chi connectivity index (χ0n) is 10.2. The highest BCUT2D eigenvalue weighted by Crippen LogP contribution is 2.15. The van der Waals surface area contributed by atoms with Gasteiger partial charge in [-0.15, -0.1) is 0 Å².